The number of aliphatic hydroxyl groups is 1. The SMILES string of the molecule is CCCCCC/C=C\C=C/CCCCCCCC(=O)O[C@H](COC(=O)CCCCCCCCCCCCCCCCC(C)C)COP(=O)(O)OC[C@@H](O)COP(=O)(O)OC[C@@H](COC(=O)CCCCCCCCC(C)CC)OC(=O)CCCCCCCCCCCCCCCC(C)C. The zero-order chi connectivity index (χ0) is 72.3. The lowest BCUT2D eigenvalue weighted by atomic mass is 10.00. The highest BCUT2D eigenvalue weighted by molar-refractivity contribution is 7.47. The van der Waals surface area contributed by atoms with Crippen LogP contribution in [-0.4, -0.2) is 96.7 Å². The molecule has 0 fully saturated rings. The Balaban J connectivity index is 5.28. The lowest BCUT2D eigenvalue weighted by Crippen LogP contribution is -2.30. The molecule has 0 heterocycles. The van der Waals surface area contributed by atoms with Crippen LogP contribution in [0, 0.1) is 17.8 Å². The molecule has 19 heteroatoms. The van der Waals surface area contributed by atoms with E-state index in [1.165, 1.54) is 173 Å². The van der Waals surface area contributed by atoms with Gasteiger partial charge in [-0.05, 0) is 69.1 Å². The highest BCUT2D eigenvalue weighted by Gasteiger charge is 2.30. The zero-order valence-corrected chi connectivity index (χ0v) is 65.5. The van der Waals surface area contributed by atoms with Gasteiger partial charge in [-0.25, -0.2) is 9.13 Å². The van der Waals surface area contributed by atoms with Crippen LogP contribution < -0.4 is 0 Å². The number of phosphoric ester groups is 2. The molecule has 3 unspecified atom stereocenters. The van der Waals surface area contributed by atoms with Crippen LogP contribution in [-0.2, 0) is 65.4 Å². The van der Waals surface area contributed by atoms with E-state index < -0.39 is 97.5 Å². The van der Waals surface area contributed by atoms with Crippen LogP contribution in [0.15, 0.2) is 24.3 Å². The standard InChI is InChI=1S/C79H150O17P2/c1-8-10-11-12-13-14-15-16-17-24-29-34-39-48-55-62-78(83)95-74(66-89-76(81)60-53-46-38-33-28-23-19-18-21-26-31-36-43-50-57-70(3)4)68-93-97(85,86)91-64-73(80)65-92-98(87,88)94-69-75(67-90-77(82)61-54-47-42-41-45-52-59-72(7)9-2)96-79(84)63-56-49-40-35-30-25-20-22-27-32-37-44-51-58-71(5)6/h14-17,70-75,80H,8-13,18-69H2,1-7H3,(H,85,86)(H,87,88)/b15-14-,17-16-/t72?,73-,74-,75-/m1/s1. The van der Waals surface area contributed by atoms with Gasteiger partial charge in [-0.1, -0.05) is 330 Å². The van der Waals surface area contributed by atoms with Gasteiger partial charge in [-0.2, -0.15) is 0 Å². The van der Waals surface area contributed by atoms with Gasteiger partial charge in [-0.15, -0.1) is 0 Å². The molecule has 0 aromatic heterocycles. The number of rotatable bonds is 75. The van der Waals surface area contributed by atoms with Crippen molar-refractivity contribution in [3.05, 3.63) is 24.3 Å². The van der Waals surface area contributed by atoms with Crippen LogP contribution in [0.4, 0.5) is 0 Å². The van der Waals surface area contributed by atoms with E-state index in [4.69, 9.17) is 37.0 Å². The largest absolute Gasteiger partial charge is 0.472 e. The summed E-state index contributed by atoms with van der Waals surface area (Å²) in [6.07, 6.45) is 59.1. The second kappa shape index (κ2) is 68.9. The molecule has 17 nitrogen and oxygen atoms in total. The first-order chi connectivity index (χ1) is 47.3. The van der Waals surface area contributed by atoms with E-state index in [1.807, 2.05) is 0 Å². The molecular weight excluding hydrogens is 1280 g/mol. The van der Waals surface area contributed by atoms with Gasteiger partial charge in [0.25, 0.3) is 0 Å². The summed E-state index contributed by atoms with van der Waals surface area (Å²) < 4.78 is 68.6. The third kappa shape index (κ3) is 70.6. The maximum absolute atomic E-state index is 13.1. The zero-order valence-electron chi connectivity index (χ0n) is 63.7. The van der Waals surface area contributed by atoms with E-state index in [9.17, 15) is 43.2 Å². The summed E-state index contributed by atoms with van der Waals surface area (Å²) in [5.74, 6) is 0.166. The topological polar surface area (TPSA) is 237 Å². The van der Waals surface area contributed by atoms with E-state index in [0.29, 0.717) is 25.7 Å². The number of ether oxygens (including phenoxy) is 4. The molecule has 0 spiro atoms. The van der Waals surface area contributed by atoms with Crippen molar-refractivity contribution in [3.8, 4) is 0 Å². The van der Waals surface area contributed by atoms with Crippen molar-refractivity contribution in [3.63, 3.8) is 0 Å². The van der Waals surface area contributed by atoms with Crippen molar-refractivity contribution in [2.75, 3.05) is 39.6 Å². The molecule has 0 bridgehead atoms. The molecule has 0 saturated carbocycles. The summed E-state index contributed by atoms with van der Waals surface area (Å²) in [6, 6.07) is 0. The average Bonchev–Trinajstić information content (AvgIpc) is 1.06. The van der Waals surface area contributed by atoms with Gasteiger partial charge in [0.15, 0.2) is 12.2 Å². The minimum atomic E-state index is -4.97. The van der Waals surface area contributed by atoms with Gasteiger partial charge in [0, 0.05) is 25.7 Å². The molecule has 0 amide bonds. The van der Waals surface area contributed by atoms with Crippen molar-refractivity contribution in [2.24, 2.45) is 17.8 Å². The first kappa shape index (κ1) is 95.5. The fourth-order valence-electron chi connectivity index (χ4n) is 11.6. The van der Waals surface area contributed by atoms with Gasteiger partial charge in [0.05, 0.1) is 26.4 Å². The minimum absolute atomic E-state index is 0.0849. The van der Waals surface area contributed by atoms with Gasteiger partial charge in [-0.3, -0.25) is 37.3 Å². The molecular formula is C79H150O17P2. The molecule has 0 rings (SSSR count). The van der Waals surface area contributed by atoms with Crippen molar-refractivity contribution in [1.29, 1.82) is 0 Å². The van der Waals surface area contributed by atoms with Crippen molar-refractivity contribution >= 4 is 39.5 Å². The summed E-state index contributed by atoms with van der Waals surface area (Å²) >= 11 is 0. The van der Waals surface area contributed by atoms with Gasteiger partial charge in [0.1, 0.15) is 19.3 Å². The van der Waals surface area contributed by atoms with Crippen LogP contribution in [0.1, 0.15) is 382 Å². The number of phosphoric acid groups is 2. The molecule has 0 aliphatic heterocycles. The fourth-order valence-corrected chi connectivity index (χ4v) is 13.1. The normalized spacial score (nSPS) is 14.4. The molecule has 0 aliphatic rings. The molecule has 0 radical (unpaired) electrons. The molecule has 578 valence electrons. The van der Waals surface area contributed by atoms with Crippen molar-refractivity contribution in [1.82, 2.24) is 0 Å². The van der Waals surface area contributed by atoms with Gasteiger partial charge >= 0.3 is 39.5 Å². The number of aliphatic hydroxyl groups excluding tert-OH is 1. The molecule has 6 atom stereocenters. The molecule has 0 saturated heterocycles. The first-order valence-electron chi connectivity index (χ1n) is 40.2. The Labute approximate surface area is 599 Å². The Morgan fingerprint density at radius 2 is 0.602 bits per heavy atom. The van der Waals surface area contributed by atoms with Crippen LogP contribution in [0.25, 0.3) is 0 Å². The quantitative estimate of drug-likeness (QED) is 0.0169. The predicted octanol–water partition coefficient (Wildman–Crippen LogP) is 22.9. The monoisotopic (exact) mass is 1430 g/mol. The number of hydrogen-bond donors (Lipinski definition) is 3. The Morgan fingerprint density at radius 1 is 0.337 bits per heavy atom. The van der Waals surface area contributed by atoms with E-state index in [2.05, 4.69) is 72.8 Å². The predicted molar refractivity (Wildman–Crippen MR) is 400 cm³/mol. The minimum Gasteiger partial charge on any atom is -0.462 e. The van der Waals surface area contributed by atoms with E-state index in [0.717, 1.165) is 127 Å². The van der Waals surface area contributed by atoms with Crippen LogP contribution in [0.5, 0.6) is 0 Å². The molecule has 3 N–H and O–H groups in total. The van der Waals surface area contributed by atoms with Crippen LogP contribution in [0.2, 0.25) is 0 Å². The number of carbonyl (C=O) groups excluding carboxylic acids is 4. The van der Waals surface area contributed by atoms with Gasteiger partial charge in [0.2, 0.25) is 0 Å². The summed E-state index contributed by atoms with van der Waals surface area (Å²) in [6.45, 7) is 11.9. The Morgan fingerprint density at radius 3 is 0.908 bits per heavy atom. The third-order valence-electron chi connectivity index (χ3n) is 18.1. The highest BCUT2D eigenvalue weighted by Crippen LogP contribution is 2.45. The van der Waals surface area contributed by atoms with E-state index >= 15 is 0 Å². The summed E-state index contributed by atoms with van der Waals surface area (Å²) in [5, 5.41) is 10.6. The van der Waals surface area contributed by atoms with E-state index in [1.54, 1.807) is 0 Å². The number of allylic oxidation sites excluding steroid dienone is 4. The Kier molecular flexibility index (Phi) is 67.2. The fraction of sp³-hybridized carbons (Fsp3) is 0.899. The highest BCUT2D eigenvalue weighted by atomic mass is 31.2. The average molecular weight is 1430 g/mol. The van der Waals surface area contributed by atoms with Crippen molar-refractivity contribution in [2.45, 2.75) is 401 Å². The lowest BCUT2D eigenvalue weighted by Gasteiger charge is -2.21. The summed E-state index contributed by atoms with van der Waals surface area (Å²) in [7, 11) is -9.93. The Bertz CT molecular complexity index is 2000. The second-order valence-corrected chi connectivity index (χ2v) is 31.9. The van der Waals surface area contributed by atoms with Crippen LogP contribution >= 0.6 is 15.6 Å². The number of hydrogen-bond acceptors (Lipinski definition) is 15. The third-order valence-corrected chi connectivity index (χ3v) is 20.0. The smallest absolute Gasteiger partial charge is 0.462 e. The Hall–Kier alpha value is -2.46. The number of esters is 4. The van der Waals surface area contributed by atoms with Crippen LogP contribution in [0.3, 0.4) is 0 Å². The molecule has 0 aromatic carbocycles. The maximum Gasteiger partial charge on any atom is 0.472 e. The first-order valence-corrected chi connectivity index (χ1v) is 43.2. The maximum atomic E-state index is 13.1. The molecule has 0 aromatic rings. The lowest BCUT2D eigenvalue weighted by molar-refractivity contribution is -0.161. The molecule has 0 aliphatic carbocycles. The van der Waals surface area contributed by atoms with Crippen molar-refractivity contribution < 1.29 is 80.2 Å². The number of unbranched alkanes of at least 4 members (excludes halogenated alkanes) is 39. The second-order valence-electron chi connectivity index (χ2n) is 29.0. The van der Waals surface area contributed by atoms with E-state index in [-0.39, 0.29) is 25.7 Å². The summed E-state index contributed by atoms with van der Waals surface area (Å²) in [5.41, 5.74) is 0. The van der Waals surface area contributed by atoms with Gasteiger partial charge < -0.3 is 33.8 Å². The summed E-state index contributed by atoms with van der Waals surface area (Å²) in [4.78, 5) is 72.9. The molecule has 98 heavy (non-hydrogen) atoms. The number of carbonyl (C=O) groups is 4.